The summed E-state index contributed by atoms with van der Waals surface area (Å²) in [5.74, 6) is -0.0241. The number of hydrogen-bond acceptors (Lipinski definition) is 4. The van der Waals surface area contributed by atoms with Crippen LogP contribution in [-0.4, -0.2) is 37.2 Å². The highest BCUT2D eigenvalue weighted by atomic mass is 19.4. The van der Waals surface area contributed by atoms with Gasteiger partial charge in [-0.15, -0.1) is 0 Å². The molecule has 0 unspecified atom stereocenters. The zero-order valence-corrected chi connectivity index (χ0v) is 17.2. The normalized spacial score (nSPS) is 22.3. The fourth-order valence-electron chi connectivity index (χ4n) is 4.04. The van der Waals surface area contributed by atoms with Gasteiger partial charge in [0.15, 0.2) is 6.61 Å². The SMILES string of the molecule is O=C(COc1ccc(C(=O)N[C@@H]2C[C@@H]3OCCC[C@H]32)cc1)Nc1cccc(C(F)(F)F)c1. The van der Waals surface area contributed by atoms with Crippen molar-refractivity contribution in [2.45, 2.75) is 37.6 Å². The van der Waals surface area contributed by atoms with Crippen LogP contribution < -0.4 is 15.4 Å². The van der Waals surface area contributed by atoms with E-state index >= 15 is 0 Å². The van der Waals surface area contributed by atoms with Crippen LogP contribution >= 0.6 is 0 Å². The van der Waals surface area contributed by atoms with Crippen molar-refractivity contribution < 1.29 is 32.2 Å². The van der Waals surface area contributed by atoms with Gasteiger partial charge in [-0.1, -0.05) is 6.07 Å². The summed E-state index contributed by atoms with van der Waals surface area (Å²) in [5.41, 5.74) is -0.341. The van der Waals surface area contributed by atoms with Crippen molar-refractivity contribution >= 4 is 17.5 Å². The van der Waals surface area contributed by atoms with Crippen molar-refractivity contribution in [3.63, 3.8) is 0 Å². The van der Waals surface area contributed by atoms with Crippen molar-refractivity contribution in [1.29, 1.82) is 0 Å². The number of nitrogens with one attached hydrogen (secondary N) is 2. The van der Waals surface area contributed by atoms with Crippen LogP contribution in [0, 0.1) is 5.92 Å². The molecular formula is C23H23F3N2O4. The molecule has 1 saturated carbocycles. The van der Waals surface area contributed by atoms with Crippen LogP contribution in [0.5, 0.6) is 5.75 Å². The number of alkyl halides is 3. The van der Waals surface area contributed by atoms with E-state index in [2.05, 4.69) is 10.6 Å². The van der Waals surface area contributed by atoms with E-state index in [1.165, 1.54) is 12.1 Å². The van der Waals surface area contributed by atoms with Crippen molar-refractivity contribution in [3.05, 3.63) is 59.7 Å². The predicted molar refractivity (Wildman–Crippen MR) is 110 cm³/mol. The van der Waals surface area contributed by atoms with Gasteiger partial charge >= 0.3 is 6.18 Å². The Kier molecular flexibility index (Phi) is 6.36. The third-order valence-electron chi connectivity index (χ3n) is 5.77. The molecule has 32 heavy (non-hydrogen) atoms. The number of amides is 2. The molecule has 0 bridgehead atoms. The number of carbonyl (C=O) groups is 2. The predicted octanol–water partition coefficient (Wildman–Crippen LogP) is 4.02. The average molecular weight is 448 g/mol. The maximum Gasteiger partial charge on any atom is 0.416 e. The molecule has 0 radical (unpaired) electrons. The second-order valence-corrected chi connectivity index (χ2v) is 7.97. The molecule has 2 fully saturated rings. The maximum atomic E-state index is 12.8. The molecule has 1 heterocycles. The number of anilines is 1. The fourth-order valence-corrected chi connectivity index (χ4v) is 4.04. The smallest absolute Gasteiger partial charge is 0.416 e. The summed E-state index contributed by atoms with van der Waals surface area (Å²) in [6.07, 6.45) is -1.33. The average Bonchev–Trinajstić information content (AvgIpc) is 2.76. The van der Waals surface area contributed by atoms with E-state index in [9.17, 15) is 22.8 Å². The van der Waals surface area contributed by atoms with Crippen molar-refractivity contribution in [3.8, 4) is 5.75 Å². The Labute approximate surface area is 183 Å². The minimum atomic E-state index is -4.49. The highest BCUT2D eigenvalue weighted by Crippen LogP contribution is 2.38. The Morgan fingerprint density at radius 3 is 2.62 bits per heavy atom. The Morgan fingerprint density at radius 1 is 1.12 bits per heavy atom. The number of halogens is 3. The highest BCUT2D eigenvalue weighted by molar-refractivity contribution is 5.94. The van der Waals surface area contributed by atoms with Crippen molar-refractivity contribution in [1.82, 2.24) is 5.32 Å². The van der Waals surface area contributed by atoms with Crippen molar-refractivity contribution in [2.75, 3.05) is 18.5 Å². The van der Waals surface area contributed by atoms with Gasteiger partial charge in [-0.25, -0.2) is 0 Å². The fraction of sp³-hybridized carbons (Fsp3) is 0.391. The Morgan fingerprint density at radius 2 is 1.91 bits per heavy atom. The third-order valence-corrected chi connectivity index (χ3v) is 5.77. The van der Waals surface area contributed by atoms with Gasteiger partial charge in [0.05, 0.1) is 11.7 Å². The summed E-state index contributed by atoms with van der Waals surface area (Å²) in [7, 11) is 0. The zero-order valence-electron chi connectivity index (χ0n) is 17.2. The molecule has 2 aliphatic rings. The molecule has 9 heteroatoms. The molecular weight excluding hydrogens is 425 g/mol. The largest absolute Gasteiger partial charge is 0.484 e. The van der Waals surface area contributed by atoms with Gasteiger partial charge in [0.2, 0.25) is 0 Å². The highest BCUT2D eigenvalue weighted by Gasteiger charge is 2.44. The summed E-state index contributed by atoms with van der Waals surface area (Å²) < 4.78 is 49.3. The molecule has 1 saturated heterocycles. The quantitative estimate of drug-likeness (QED) is 0.700. The van der Waals surface area contributed by atoms with Crippen molar-refractivity contribution in [2.24, 2.45) is 5.92 Å². The molecule has 2 N–H and O–H groups in total. The van der Waals surface area contributed by atoms with Gasteiger partial charge in [-0.05, 0) is 61.7 Å². The molecule has 6 nitrogen and oxygen atoms in total. The minimum Gasteiger partial charge on any atom is -0.484 e. The number of rotatable bonds is 6. The van der Waals surface area contributed by atoms with Crippen LogP contribution in [0.3, 0.4) is 0 Å². The van der Waals surface area contributed by atoms with E-state index in [4.69, 9.17) is 9.47 Å². The van der Waals surface area contributed by atoms with Crippen LogP contribution in [0.25, 0.3) is 0 Å². The minimum absolute atomic E-state index is 0.0297. The number of ether oxygens (including phenoxy) is 2. The number of carbonyl (C=O) groups excluding carboxylic acids is 2. The van der Waals surface area contributed by atoms with E-state index in [0.29, 0.717) is 17.2 Å². The molecule has 0 aromatic heterocycles. The summed E-state index contributed by atoms with van der Waals surface area (Å²) in [5, 5.41) is 5.41. The molecule has 1 aliphatic heterocycles. The second-order valence-electron chi connectivity index (χ2n) is 7.97. The van der Waals surface area contributed by atoms with Crippen LogP contribution in [-0.2, 0) is 15.7 Å². The third kappa shape index (κ3) is 5.21. The van der Waals surface area contributed by atoms with Crippen LogP contribution in [0.1, 0.15) is 35.2 Å². The van der Waals surface area contributed by atoms with Gasteiger partial charge < -0.3 is 20.1 Å². The van der Waals surface area contributed by atoms with E-state index in [1.54, 1.807) is 24.3 Å². The molecule has 2 amide bonds. The molecule has 2 aromatic carbocycles. The zero-order chi connectivity index (χ0) is 22.7. The molecule has 0 spiro atoms. The van der Waals surface area contributed by atoms with E-state index in [0.717, 1.165) is 38.0 Å². The molecule has 2 aromatic rings. The van der Waals surface area contributed by atoms with E-state index in [-0.39, 0.29) is 30.3 Å². The first-order valence-corrected chi connectivity index (χ1v) is 10.4. The van der Waals surface area contributed by atoms with Gasteiger partial charge in [-0.2, -0.15) is 13.2 Å². The molecule has 1 aliphatic carbocycles. The summed E-state index contributed by atoms with van der Waals surface area (Å²) >= 11 is 0. The maximum absolute atomic E-state index is 12.8. The second kappa shape index (κ2) is 9.20. The van der Waals surface area contributed by atoms with Crippen LogP contribution in [0.2, 0.25) is 0 Å². The first kappa shape index (κ1) is 22.1. The van der Waals surface area contributed by atoms with Gasteiger partial charge in [0, 0.05) is 29.8 Å². The topological polar surface area (TPSA) is 76.7 Å². The molecule has 170 valence electrons. The Bertz CT molecular complexity index is 978. The van der Waals surface area contributed by atoms with Gasteiger partial charge in [-0.3, -0.25) is 9.59 Å². The summed E-state index contributed by atoms with van der Waals surface area (Å²) in [6, 6.07) is 10.8. The monoisotopic (exact) mass is 448 g/mol. The first-order valence-electron chi connectivity index (χ1n) is 10.4. The Balaban J connectivity index is 1.25. The van der Waals surface area contributed by atoms with E-state index in [1.807, 2.05) is 0 Å². The lowest BCUT2D eigenvalue weighted by Crippen LogP contribution is -2.57. The number of benzene rings is 2. The lowest BCUT2D eigenvalue weighted by Gasteiger charge is -2.47. The number of fused-ring (bicyclic) bond motifs is 1. The summed E-state index contributed by atoms with van der Waals surface area (Å²) in [6.45, 7) is 0.411. The standard InChI is InChI=1S/C23H23F3N2O4/c24-23(25,26)15-3-1-4-16(11-15)27-21(29)13-32-17-8-6-14(7-9-17)22(30)28-19-12-20-18(19)5-2-10-31-20/h1,3-4,6-9,11,18-20H,2,5,10,12-13H2,(H,27,29)(H,28,30)/t18-,19+,20-/m0/s1. The Hall–Kier alpha value is -3.07. The van der Waals surface area contributed by atoms with Crippen LogP contribution in [0.15, 0.2) is 48.5 Å². The lowest BCUT2D eigenvalue weighted by molar-refractivity contribution is -0.137. The summed E-state index contributed by atoms with van der Waals surface area (Å²) in [4.78, 5) is 24.5. The van der Waals surface area contributed by atoms with E-state index < -0.39 is 17.6 Å². The molecule has 3 atom stereocenters. The lowest BCUT2D eigenvalue weighted by atomic mass is 9.72. The molecule has 4 rings (SSSR count). The van der Waals surface area contributed by atoms with Gasteiger partial charge in [0.25, 0.3) is 11.8 Å². The van der Waals surface area contributed by atoms with Crippen LogP contribution in [0.4, 0.5) is 18.9 Å². The number of hydrogen-bond donors (Lipinski definition) is 2. The first-order chi connectivity index (χ1) is 15.3. The van der Waals surface area contributed by atoms with Gasteiger partial charge in [0.1, 0.15) is 5.75 Å².